The Hall–Kier alpha value is -2.95. The van der Waals surface area contributed by atoms with Crippen LogP contribution in [0.3, 0.4) is 0 Å². The second-order valence-electron chi connectivity index (χ2n) is 5.64. The Labute approximate surface area is 162 Å². The van der Waals surface area contributed by atoms with Gasteiger partial charge in [0.15, 0.2) is 23.3 Å². The van der Waals surface area contributed by atoms with Gasteiger partial charge in [-0.25, -0.2) is 22.0 Å². The van der Waals surface area contributed by atoms with E-state index in [1.54, 1.807) is 0 Å². The van der Waals surface area contributed by atoms with E-state index in [1.165, 1.54) is 13.0 Å². The zero-order chi connectivity index (χ0) is 20.9. The van der Waals surface area contributed by atoms with Gasteiger partial charge in [-0.2, -0.15) is 10.1 Å². The maximum Gasteiger partial charge on any atom is 0.280 e. The Balaban J connectivity index is 2.12. The minimum atomic E-state index is -2.36. The average Bonchev–Trinajstić information content (AvgIpc) is 2.91. The Kier molecular flexibility index (Phi) is 4.88. The van der Waals surface area contributed by atoms with Crippen LogP contribution in [-0.4, -0.2) is 21.8 Å². The molecule has 2 N–H and O–H groups in total. The largest absolute Gasteiger partial charge is 0.507 e. The molecule has 1 amide bonds. The third-order valence-electron chi connectivity index (χ3n) is 3.86. The molecule has 5 nitrogen and oxygen atoms in total. The summed E-state index contributed by atoms with van der Waals surface area (Å²) in [5, 5.41) is 23.0. The molecule has 0 bridgehead atoms. The lowest BCUT2D eigenvalue weighted by atomic mass is 10.1. The number of hydrogen-bond donors (Lipinski definition) is 2. The molecule has 0 fully saturated rings. The average molecular weight is 463 g/mol. The van der Waals surface area contributed by atoms with Crippen molar-refractivity contribution in [2.45, 2.75) is 6.92 Å². The number of amides is 1. The highest BCUT2D eigenvalue weighted by Gasteiger charge is 2.37. The first-order valence-corrected chi connectivity index (χ1v) is 8.18. The quantitative estimate of drug-likeness (QED) is 0.301. The van der Waals surface area contributed by atoms with Crippen molar-refractivity contribution < 1.29 is 37.0 Å². The van der Waals surface area contributed by atoms with E-state index >= 15 is 0 Å². The van der Waals surface area contributed by atoms with E-state index in [2.05, 4.69) is 21.0 Å². The molecule has 0 atom stereocenters. The molecule has 2 aromatic rings. The maximum absolute atomic E-state index is 14.0. The molecule has 0 unspecified atom stereocenters. The standard InChI is InChI=1S/C17H8BrF5N2O3/c1-5-7(2-6-3-8(18)10(27)4-9(6)26)17(28)25(24-5)16-14(22)12(20)11(19)13(21)15(16)23/h2-4,26-27H,1H3/b7-2+. The van der Waals surface area contributed by atoms with Gasteiger partial charge in [0, 0.05) is 11.6 Å². The van der Waals surface area contributed by atoms with E-state index in [1.807, 2.05) is 0 Å². The Morgan fingerprint density at radius 2 is 1.50 bits per heavy atom. The second-order valence-corrected chi connectivity index (χ2v) is 6.50. The summed E-state index contributed by atoms with van der Waals surface area (Å²) in [6.45, 7) is 1.27. The Morgan fingerprint density at radius 3 is 2.07 bits per heavy atom. The van der Waals surface area contributed by atoms with Crippen molar-refractivity contribution in [2.24, 2.45) is 5.10 Å². The zero-order valence-corrected chi connectivity index (χ0v) is 15.3. The van der Waals surface area contributed by atoms with E-state index in [-0.39, 0.29) is 32.1 Å². The van der Waals surface area contributed by atoms with E-state index in [9.17, 15) is 37.0 Å². The first-order chi connectivity index (χ1) is 13.0. The van der Waals surface area contributed by atoms with Gasteiger partial charge in [-0.05, 0) is 35.0 Å². The summed E-state index contributed by atoms with van der Waals surface area (Å²) in [5.74, 6) is -13.1. The van der Waals surface area contributed by atoms with Crippen LogP contribution < -0.4 is 5.01 Å². The molecule has 1 aliphatic heterocycles. The smallest absolute Gasteiger partial charge is 0.280 e. The van der Waals surface area contributed by atoms with Gasteiger partial charge >= 0.3 is 0 Å². The van der Waals surface area contributed by atoms with Gasteiger partial charge in [0.2, 0.25) is 5.82 Å². The lowest BCUT2D eigenvalue weighted by molar-refractivity contribution is -0.114. The van der Waals surface area contributed by atoms with Crippen LogP contribution >= 0.6 is 15.9 Å². The van der Waals surface area contributed by atoms with Gasteiger partial charge < -0.3 is 10.2 Å². The summed E-state index contributed by atoms with van der Waals surface area (Å²) >= 11 is 3.02. The number of hydrazone groups is 1. The number of carbonyl (C=O) groups excluding carboxylic acids is 1. The van der Waals surface area contributed by atoms with Crippen molar-refractivity contribution in [3.63, 3.8) is 0 Å². The van der Waals surface area contributed by atoms with Crippen molar-refractivity contribution >= 4 is 39.3 Å². The summed E-state index contributed by atoms with van der Waals surface area (Å²) in [5.41, 5.74) is -1.85. The fraction of sp³-hybridized carbons (Fsp3) is 0.0588. The Morgan fingerprint density at radius 1 is 0.964 bits per heavy atom. The van der Waals surface area contributed by atoms with Crippen molar-refractivity contribution in [1.82, 2.24) is 0 Å². The first-order valence-electron chi connectivity index (χ1n) is 7.39. The van der Waals surface area contributed by atoms with Gasteiger partial charge in [0.05, 0.1) is 15.8 Å². The SMILES string of the molecule is CC1=NN(c2c(F)c(F)c(F)c(F)c2F)C(=O)/C1=C/c1cc(Br)c(O)cc1O. The van der Waals surface area contributed by atoms with Gasteiger partial charge in [-0.3, -0.25) is 4.79 Å². The summed E-state index contributed by atoms with van der Waals surface area (Å²) in [7, 11) is 0. The third-order valence-corrected chi connectivity index (χ3v) is 4.49. The predicted molar refractivity (Wildman–Crippen MR) is 92.3 cm³/mol. The minimum absolute atomic E-state index is 0.0295. The van der Waals surface area contributed by atoms with E-state index in [0.29, 0.717) is 0 Å². The molecule has 0 radical (unpaired) electrons. The van der Waals surface area contributed by atoms with Gasteiger partial charge in [-0.1, -0.05) is 0 Å². The number of carbonyl (C=O) groups is 1. The van der Waals surface area contributed by atoms with Crippen molar-refractivity contribution in [3.05, 3.63) is 56.8 Å². The van der Waals surface area contributed by atoms with Crippen LogP contribution in [0, 0.1) is 29.1 Å². The fourth-order valence-electron chi connectivity index (χ4n) is 2.45. The lowest BCUT2D eigenvalue weighted by Crippen LogP contribution is -2.25. The molecule has 1 heterocycles. The molecule has 0 saturated heterocycles. The number of phenolic OH excluding ortho intramolecular Hbond substituents is 2. The van der Waals surface area contributed by atoms with E-state index in [0.717, 1.165) is 12.1 Å². The highest BCUT2D eigenvalue weighted by molar-refractivity contribution is 9.10. The van der Waals surface area contributed by atoms with Gasteiger partial charge in [0.1, 0.15) is 17.2 Å². The molecule has 0 aliphatic carbocycles. The number of benzene rings is 2. The minimum Gasteiger partial charge on any atom is -0.507 e. The molecule has 3 rings (SSSR count). The third kappa shape index (κ3) is 3.01. The Bertz CT molecular complexity index is 1070. The van der Waals surface area contributed by atoms with Crippen LogP contribution in [-0.2, 0) is 4.79 Å². The molecule has 11 heteroatoms. The zero-order valence-electron chi connectivity index (χ0n) is 13.7. The summed E-state index contributed by atoms with van der Waals surface area (Å²) in [6.07, 6.45) is 1.09. The number of nitrogens with zero attached hydrogens (tertiary/aromatic N) is 2. The number of hydrogen-bond acceptors (Lipinski definition) is 4. The van der Waals surface area contributed by atoms with Crippen LogP contribution in [0.25, 0.3) is 6.08 Å². The molecule has 2 aromatic carbocycles. The number of anilines is 1. The molecule has 0 spiro atoms. The summed E-state index contributed by atoms with van der Waals surface area (Å²) < 4.78 is 68.2. The number of halogens is 6. The van der Waals surface area contributed by atoms with Crippen LogP contribution in [0.5, 0.6) is 11.5 Å². The van der Waals surface area contributed by atoms with E-state index in [4.69, 9.17) is 0 Å². The lowest BCUT2D eigenvalue weighted by Gasteiger charge is -2.15. The number of aromatic hydroxyl groups is 2. The van der Waals surface area contributed by atoms with Crippen LogP contribution in [0.2, 0.25) is 0 Å². The summed E-state index contributed by atoms with van der Waals surface area (Å²) in [6, 6.07) is 2.23. The van der Waals surface area contributed by atoms with Crippen molar-refractivity contribution in [3.8, 4) is 11.5 Å². The predicted octanol–water partition coefficient (Wildman–Crippen LogP) is 4.36. The van der Waals surface area contributed by atoms with Gasteiger partial charge in [-0.15, -0.1) is 0 Å². The number of rotatable bonds is 2. The van der Waals surface area contributed by atoms with Crippen molar-refractivity contribution in [1.29, 1.82) is 0 Å². The topological polar surface area (TPSA) is 73.1 Å². The highest BCUT2D eigenvalue weighted by Crippen LogP contribution is 2.36. The highest BCUT2D eigenvalue weighted by atomic mass is 79.9. The molecule has 28 heavy (non-hydrogen) atoms. The van der Waals surface area contributed by atoms with Crippen LogP contribution in [0.1, 0.15) is 12.5 Å². The van der Waals surface area contributed by atoms with Gasteiger partial charge in [0.25, 0.3) is 5.91 Å². The van der Waals surface area contributed by atoms with Crippen LogP contribution in [0.15, 0.2) is 27.3 Å². The molecular weight excluding hydrogens is 455 g/mol. The first kappa shape index (κ1) is 19.8. The fourth-order valence-corrected chi connectivity index (χ4v) is 2.81. The maximum atomic E-state index is 14.0. The molecule has 1 aliphatic rings. The van der Waals surface area contributed by atoms with Crippen molar-refractivity contribution in [2.75, 3.05) is 5.01 Å². The number of phenols is 2. The normalized spacial score (nSPS) is 15.5. The van der Waals surface area contributed by atoms with E-state index < -0.39 is 46.4 Å². The molecule has 146 valence electrons. The molecule has 0 saturated carbocycles. The summed E-state index contributed by atoms with van der Waals surface area (Å²) in [4.78, 5) is 12.5. The molecule has 0 aromatic heterocycles. The van der Waals surface area contributed by atoms with Crippen LogP contribution in [0.4, 0.5) is 27.6 Å². The second kappa shape index (κ2) is 6.89. The monoisotopic (exact) mass is 462 g/mol. The molecular formula is C17H8BrF5N2O3.